The summed E-state index contributed by atoms with van der Waals surface area (Å²) >= 11 is 4.95. The molecule has 2 heterocycles. The normalized spacial score (nSPS) is 10.3. The Hall–Kier alpha value is -2.25. The maximum atomic E-state index is 11.8. The van der Waals surface area contributed by atoms with E-state index < -0.39 is 6.09 Å². The molecule has 0 saturated carbocycles. The first kappa shape index (κ1) is 15.6. The van der Waals surface area contributed by atoms with Gasteiger partial charge in [0.15, 0.2) is 5.82 Å². The number of ether oxygens (including phenoxy) is 1. The molecule has 1 N–H and O–H groups in total. The lowest BCUT2D eigenvalue weighted by Gasteiger charge is -2.06. The monoisotopic (exact) mass is 389 g/mol. The number of thiophene rings is 1. The third-order valence-corrected chi connectivity index (χ3v) is 4.52. The van der Waals surface area contributed by atoms with Crippen LogP contribution in [-0.2, 0) is 11.3 Å². The molecule has 3 aromatic rings. The van der Waals surface area contributed by atoms with Gasteiger partial charge >= 0.3 is 6.09 Å². The van der Waals surface area contributed by atoms with Gasteiger partial charge in [-0.2, -0.15) is 0 Å². The van der Waals surface area contributed by atoms with Gasteiger partial charge in [-0.1, -0.05) is 30.3 Å². The predicted octanol–water partition coefficient (Wildman–Crippen LogP) is 4.72. The molecule has 0 atom stereocenters. The minimum atomic E-state index is -0.538. The van der Waals surface area contributed by atoms with Crippen molar-refractivity contribution in [1.29, 1.82) is 0 Å². The SMILES string of the molecule is O=C(Nc1cnc(-c2ccc(Br)s2)nc1)OCc1ccccc1. The van der Waals surface area contributed by atoms with E-state index in [4.69, 9.17) is 4.74 Å². The largest absolute Gasteiger partial charge is 0.444 e. The average Bonchev–Trinajstić information content (AvgIpc) is 3.01. The number of amides is 1. The fraction of sp³-hybridized carbons (Fsp3) is 0.0625. The molecule has 0 aliphatic carbocycles. The van der Waals surface area contributed by atoms with Crippen LogP contribution < -0.4 is 5.32 Å². The molecular formula is C16H12BrN3O2S. The number of hydrogen-bond acceptors (Lipinski definition) is 5. The van der Waals surface area contributed by atoms with Gasteiger partial charge in [0.25, 0.3) is 0 Å². The molecule has 2 aromatic heterocycles. The van der Waals surface area contributed by atoms with Crippen molar-refractivity contribution >= 4 is 39.0 Å². The lowest BCUT2D eigenvalue weighted by atomic mass is 10.2. The van der Waals surface area contributed by atoms with E-state index >= 15 is 0 Å². The standard InChI is InChI=1S/C16H12BrN3O2S/c17-14-7-6-13(23-14)15-18-8-12(9-19-15)20-16(21)22-10-11-4-2-1-3-5-11/h1-9H,10H2,(H,20,21). The summed E-state index contributed by atoms with van der Waals surface area (Å²) in [5, 5.41) is 2.60. The summed E-state index contributed by atoms with van der Waals surface area (Å²) in [5.41, 5.74) is 1.42. The predicted molar refractivity (Wildman–Crippen MR) is 93.3 cm³/mol. The van der Waals surface area contributed by atoms with E-state index in [-0.39, 0.29) is 6.61 Å². The fourth-order valence-corrected chi connectivity index (χ4v) is 3.17. The van der Waals surface area contributed by atoms with Gasteiger partial charge in [0.1, 0.15) is 6.61 Å². The van der Waals surface area contributed by atoms with Crippen LogP contribution in [0.3, 0.4) is 0 Å². The molecule has 0 fully saturated rings. The van der Waals surface area contributed by atoms with Crippen LogP contribution in [0.5, 0.6) is 0 Å². The molecule has 1 aromatic carbocycles. The Labute approximate surface area is 145 Å². The summed E-state index contributed by atoms with van der Waals surface area (Å²) in [6.07, 6.45) is 2.57. The van der Waals surface area contributed by atoms with Crippen LogP contribution >= 0.6 is 27.3 Å². The third kappa shape index (κ3) is 4.37. The van der Waals surface area contributed by atoms with E-state index in [2.05, 4.69) is 31.2 Å². The highest BCUT2D eigenvalue weighted by molar-refractivity contribution is 9.11. The molecule has 1 amide bonds. The summed E-state index contributed by atoms with van der Waals surface area (Å²) < 4.78 is 6.16. The van der Waals surface area contributed by atoms with E-state index in [1.54, 1.807) is 23.7 Å². The first-order valence-corrected chi connectivity index (χ1v) is 8.37. The molecule has 0 saturated heterocycles. The number of nitrogens with zero attached hydrogens (tertiary/aromatic N) is 2. The molecule has 7 heteroatoms. The van der Waals surface area contributed by atoms with E-state index in [1.165, 1.54) is 0 Å². The zero-order chi connectivity index (χ0) is 16.1. The number of anilines is 1. The van der Waals surface area contributed by atoms with Crippen LogP contribution in [0.1, 0.15) is 5.56 Å². The highest BCUT2D eigenvalue weighted by Gasteiger charge is 2.07. The van der Waals surface area contributed by atoms with E-state index in [0.717, 1.165) is 14.2 Å². The second-order valence-corrected chi connectivity index (χ2v) is 7.05. The number of rotatable bonds is 4. The van der Waals surface area contributed by atoms with Crippen molar-refractivity contribution in [1.82, 2.24) is 9.97 Å². The number of aromatic nitrogens is 2. The number of nitrogens with one attached hydrogen (secondary N) is 1. The van der Waals surface area contributed by atoms with Crippen molar-refractivity contribution in [3.05, 3.63) is 64.2 Å². The van der Waals surface area contributed by atoms with Gasteiger partial charge in [-0.25, -0.2) is 14.8 Å². The summed E-state index contributed by atoms with van der Waals surface area (Å²) in [6, 6.07) is 13.4. The Bertz CT molecular complexity index is 791. The second-order valence-electron chi connectivity index (χ2n) is 4.59. The number of hydrogen-bond donors (Lipinski definition) is 1. The Morgan fingerprint density at radius 1 is 1.13 bits per heavy atom. The molecule has 116 valence electrons. The van der Waals surface area contributed by atoms with Gasteiger partial charge in [0, 0.05) is 0 Å². The number of carbonyl (C=O) groups is 1. The number of carbonyl (C=O) groups excluding carboxylic acids is 1. The Morgan fingerprint density at radius 3 is 2.52 bits per heavy atom. The van der Waals surface area contributed by atoms with Crippen LogP contribution in [0.4, 0.5) is 10.5 Å². The zero-order valence-corrected chi connectivity index (χ0v) is 14.3. The van der Waals surface area contributed by atoms with Crippen molar-refractivity contribution < 1.29 is 9.53 Å². The molecular weight excluding hydrogens is 378 g/mol. The minimum Gasteiger partial charge on any atom is -0.444 e. The van der Waals surface area contributed by atoms with Gasteiger partial charge in [0.2, 0.25) is 0 Å². The quantitative estimate of drug-likeness (QED) is 0.701. The Kier molecular flexibility index (Phi) is 4.99. The second kappa shape index (κ2) is 7.34. The van der Waals surface area contributed by atoms with Crippen LogP contribution in [0, 0.1) is 0 Å². The lowest BCUT2D eigenvalue weighted by molar-refractivity contribution is 0.155. The average molecular weight is 390 g/mol. The molecule has 0 aliphatic rings. The summed E-state index contributed by atoms with van der Waals surface area (Å²) in [5.74, 6) is 0.615. The van der Waals surface area contributed by atoms with Gasteiger partial charge in [0.05, 0.1) is 26.7 Å². The van der Waals surface area contributed by atoms with Crippen molar-refractivity contribution in [2.24, 2.45) is 0 Å². The summed E-state index contributed by atoms with van der Waals surface area (Å²) in [6.45, 7) is 0.217. The van der Waals surface area contributed by atoms with Crippen LogP contribution in [0.2, 0.25) is 0 Å². The van der Waals surface area contributed by atoms with Gasteiger partial charge in [-0.15, -0.1) is 11.3 Å². The summed E-state index contributed by atoms with van der Waals surface area (Å²) in [4.78, 5) is 21.2. The maximum absolute atomic E-state index is 11.8. The van der Waals surface area contributed by atoms with E-state index in [9.17, 15) is 4.79 Å². The summed E-state index contributed by atoms with van der Waals surface area (Å²) in [7, 11) is 0. The first-order chi connectivity index (χ1) is 11.2. The molecule has 0 radical (unpaired) electrons. The Morgan fingerprint density at radius 2 is 1.87 bits per heavy atom. The molecule has 0 bridgehead atoms. The third-order valence-electron chi connectivity index (χ3n) is 2.90. The van der Waals surface area contributed by atoms with Crippen LogP contribution in [-0.4, -0.2) is 16.1 Å². The molecule has 0 spiro atoms. The minimum absolute atomic E-state index is 0.217. The maximum Gasteiger partial charge on any atom is 0.412 e. The fourth-order valence-electron chi connectivity index (χ4n) is 1.83. The van der Waals surface area contributed by atoms with Crippen LogP contribution in [0.25, 0.3) is 10.7 Å². The van der Waals surface area contributed by atoms with Crippen molar-refractivity contribution in [2.75, 3.05) is 5.32 Å². The van der Waals surface area contributed by atoms with Crippen molar-refractivity contribution in [2.45, 2.75) is 6.61 Å². The number of benzene rings is 1. The van der Waals surface area contributed by atoms with Gasteiger partial charge in [-0.05, 0) is 33.6 Å². The highest BCUT2D eigenvalue weighted by atomic mass is 79.9. The molecule has 0 unspecified atom stereocenters. The lowest BCUT2D eigenvalue weighted by Crippen LogP contribution is -2.13. The molecule has 3 rings (SSSR count). The zero-order valence-electron chi connectivity index (χ0n) is 11.9. The smallest absolute Gasteiger partial charge is 0.412 e. The van der Waals surface area contributed by atoms with E-state index in [1.807, 2.05) is 42.5 Å². The number of halogens is 1. The molecule has 5 nitrogen and oxygen atoms in total. The van der Waals surface area contributed by atoms with Gasteiger partial charge < -0.3 is 4.74 Å². The van der Waals surface area contributed by atoms with Crippen LogP contribution in [0.15, 0.2) is 58.6 Å². The van der Waals surface area contributed by atoms with E-state index in [0.29, 0.717) is 11.5 Å². The van der Waals surface area contributed by atoms with Crippen molar-refractivity contribution in [3.8, 4) is 10.7 Å². The Balaban J connectivity index is 1.56. The topological polar surface area (TPSA) is 64.1 Å². The molecule has 23 heavy (non-hydrogen) atoms. The highest BCUT2D eigenvalue weighted by Crippen LogP contribution is 2.28. The molecule has 0 aliphatic heterocycles. The first-order valence-electron chi connectivity index (χ1n) is 6.76. The van der Waals surface area contributed by atoms with Gasteiger partial charge in [-0.3, -0.25) is 5.32 Å². The van der Waals surface area contributed by atoms with Crippen molar-refractivity contribution in [3.63, 3.8) is 0 Å².